The van der Waals surface area contributed by atoms with Crippen LogP contribution in [0.3, 0.4) is 0 Å². The number of aryl methyl sites for hydroxylation is 1. The van der Waals surface area contributed by atoms with Gasteiger partial charge in [-0.3, -0.25) is 4.79 Å². The largest absolute Gasteiger partial charge is 0.306 e. The van der Waals surface area contributed by atoms with Crippen molar-refractivity contribution in [1.29, 1.82) is 0 Å². The first-order chi connectivity index (χ1) is 10.4. The van der Waals surface area contributed by atoms with Crippen LogP contribution >= 0.6 is 0 Å². The molecule has 0 aliphatic heterocycles. The molecule has 1 aliphatic rings. The quantitative estimate of drug-likeness (QED) is 0.922. The number of anilines is 1. The molecule has 1 aliphatic carbocycles. The Hall–Kier alpha value is -2.23. The highest BCUT2D eigenvalue weighted by Crippen LogP contribution is 2.26. The summed E-state index contributed by atoms with van der Waals surface area (Å²) in [5, 5.41) is 2.93. The Labute approximate surface area is 131 Å². The van der Waals surface area contributed by atoms with Crippen molar-refractivity contribution in [1.82, 2.24) is 9.97 Å². The first-order valence-electron chi connectivity index (χ1n) is 7.70. The van der Waals surface area contributed by atoms with Crippen molar-refractivity contribution >= 4 is 11.7 Å². The van der Waals surface area contributed by atoms with E-state index < -0.39 is 0 Å². The third-order valence-electron chi connectivity index (χ3n) is 4.12. The minimum atomic E-state index is -0.117. The van der Waals surface area contributed by atoms with E-state index in [9.17, 15) is 4.79 Å². The average Bonchev–Trinajstić information content (AvgIpc) is 2.96. The molecule has 2 aromatic rings. The third-order valence-corrected chi connectivity index (χ3v) is 4.12. The zero-order valence-electron chi connectivity index (χ0n) is 13.3. The molecule has 1 amide bonds. The van der Waals surface area contributed by atoms with Crippen molar-refractivity contribution in [2.24, 2.45) is 0 Å². The number of carbonyl (C=O) groups is 1. The maximum atomic E-state index is 12.4. The van der Waals surface area contributed by atoms with Gasteiger partial charge in [-0.25, -0.2) is 9.97 Å². The molecule has 22 heavy (non-hydrogen) atoms. The maximum absolute atomic E-state index is 12.4. The number of hydrogen-bond acceptors (Lipinski definition) is 3. The van der Waals surface area contributed by atoms with Crippen LogP contribution in [0.15, 0.2) is 30.6 Å². The summed E-state index contributed by atoms with van der Waals surface area (Å²) in [6, 6.07) is 7.77. The van der Waals surface area contributed by atoms with Crippen LogP contribution < -0.4 is 5.32 Å². The first kappa shape index (κ1) is 14.7. The second-order valence-corrected chi connectivity index (χ2v) is 6.78. The van der Waals surface area contributed by atoms with Crippen molar-refractivity contribution in [3.05, 3.63) is 53.0 Å². The molecule has 114 valence electrons. The van der Waals surface area contributed by atoms with E-state index in [-0.39, 0.29) is 11.3 Å². The van der Waals surface area contributed by atoms with Gasteiger partial charge in [0.25, 0.3) is 5.91 Å². The summed E-state index contributed by atoms with van der Waals surface area (Å²) >= 11 is 0. The standard InChI is InChI=1S/C18H21N3O/c1-18(2,3)13-9-7-12(8-10-13)17(22)21-16-14-5-4-6-15(14)19-11-20-16/h7-11H,4-6H2,1-3H3,(H,19,20,21,22). The first-order valence-corrected chi connectivity index (χ1v) is 7.70. The van der Waals surface area contributed by atoms with Crippen molar-refractivity contribution in [2.75, 3.05) is 5.32 Å². The molecule has 1 aromatic carbocycles. The molecule has 0 saturated heterocycles. The van der Waals surface area contributed by atoms with Gasteiger partial charge in [0.05, 0.1) is 0 Å². The van der Waals surface area contributed by atoms with E-state index in [1.54, 1.807) is 0 Å². The zero-order valence-corrected chi connectivity index (χ0v) is 13.3. The van der Waals surface area contributed by atoms with Crippen molar-refractivity contribution < 1.29 is 4.79 Å². The Morgan fingerprint density at radius 2 is 1.82 bits per heavy atom. The van der Waals surface area contributed by atoms with E-state index in [1.807, 2.05) is 24.3 Å². The molecule has 0 unspecified atom stereocenters. The molecule has 0 spiro atoms. The summed E-state index contributed by atoms with van der Waals surface area (Å²) in [6.45, 7) is 6.48. The van der Waals surface area contributed by atoms with Crippen molar-refractivity contribution in [3.8, 4) is 0 Å². The summed E-state index contributed by atoms with van der Waals surface area (Å²) in [7, 11) is 0. The molecule has 0 fully saturated rings. The highest BCUT2D eigenvalue weighted by molar-refractivity contribution is 6.04. The zero-order chi connectivity index (χ0) is 15.7. The van der Waals surface area contributed by atoms with Gasteiger partial charge >= 0.3 is 0 Å². The van der Waals surface area contributed by atoms with Crippen molar-refractivity contribution in [2.45, 2.75) is 45.4 Å². The Morgan fingerprint density at radius 3 is 2.50 bits per heavy atom. The smallest absolute Gasteiger partial charge is 0.256 e. The van der Waals surface area contributed by atoms with Gasteiger partial charge in [-0.15, -0.1) is 0 Å². The molecule has 1 aromatic heterocycles. The van der Waals surface area contributed by atoms with E-state index in [0.717, 1.165) is 30.5 Å². The number of fused-ring (bicyclic) bond motifs is 1. The van der Waals surface area contributed by atoms with Crippen LogP contribution in [0.1, 0.15) is 54.4 Å². The van der Waals surface area contributed by atoms with Gasteiger partial charge in [0.2, 0.25) is 0 Å². The SMILES string of the molecule is CC(C)(C)c1ccc(C(=O)Nc2ncnc3c2CCC3)cc1. The van der Waals surface area contributed by atoms with E-state index >= 15 is 0 Å². The van der Waals surface area contributed by atoms with Crippen LogP contribution in [-0.2, 0) is 18.3 Å². The van der Waals surface area contributed by atoms with E-state index in [0.29, 0.717) is 11.4 Å². The van der Waals surface area contributed by atoms with E-state index in [2.05, 4.69) is 36.1 Å². The summed E-state index contributed by atoms with van der Waals surface area (Å²) in [6.07, 6.45) is 4.52. The minimum absolute atomic E-state index is 0.0858. The monoisotopic (exact) mass is 295 g/mol. The topological polar surface area (TPSA) is 54.9 Å². The molecule has 0 bridgehead atoms. The van der Waals surface area contributed by atoms with Gasteiger partial charge in [0, 0.05) is 16.8 Å². The second-order valence-electron chi connectivity index (χ2n) is 6.78. The highest BCUT2D eigenvalue weighted by atomic mass is 16.1. The predicted octanol–water partition coefficient (Wildman–Crippen LogP) is 3.52. The summed E-state index contributed by atoms with van der Waals surface area (Å²) < 4.78 is 0. The number of amides is 1. The maximum Gasteiger partial charge on any atom is 0.256 e. The molecular weight excluding hydrogens is 274 g/mol. The second kappa shape index (κ2) is 5.52. The Bertz CT molecular complexity index is 699. The van der Waals surface area contributed by atoms with Crippen LogP contribution in [0, 0.1) is 0 Å². The third kappa shape index (κ3) is 2.86. The highest BCUT2D eigenvalue weighted by Gasteiger charge is 2.19. The van der Waals surface area contributed by atoms with Gasteiger partial charge in [0.1, 0.15) is 12.1 Å². The summed E-state index contributed by atoms with van der Waals surface area (Å²) in [5.41, 5.74) is 4.10. The van der Waals surface area contributed by atoms with Crippen LogP contribution in [0.25, 0.3) is 0 Å². The molecule has 4 nitrogen and oxygen atoms in total. The molecule has 0 atom stereocenters. The van der Waals surface area contributed by atoms with Crippen LogP contribution in [0.4, 0.5) is 5.82 Å². The molecule has 1 N–H and O–H groups in total. The number of nitrogens with zero attached hydrogens (tertiary/aromatic N) is 2. The summed E-state index contributed by atoms with van der Waals surface area (Å²) in [4.78, 5) is 20.9. The number of nitrogens with one attached hydrogen (secondary N) is 1. The molecule has 0 radical (unpaired) electrons. The predicted molar refractivity (Wildman–Crippen MR) is 87.2 cm³/mol. The van der Waals surface area contributed by atoms with Gasteiger partial charge in [-0.05, 0) is 42.4 Å². The number of aromatic nitrogens is 2. The number of carbonyl (C=O) groups excluding carboxylic acids is 1. The Kier molecular flexibility index (Phi) is 3.69. The van der Waals surface area contributed by atoms with E-state index in [1.165, 1.54) is 11.9 Å². The summed E-state index contributed by atoms with van der Waals surface area (Å²) in [5.74, 6) is 0.542. The van der Waals surface area contributed by atoms with E-state index in [4.69, 9.17) is 0 Å². The lowest BCUT2D eigenvalue weighted by molar-refractivity contribution is 0.102. The lowest BCUT2D eigenvalue weighted by atomic mass is 9.87. The lowest BCUT2D eigenvalue weighted by Gasteiger charge is -2.19. The van der Waals surface area contributed by atoms with Gasteiger partial charge in [-0.2, -0.15) is 0 Å². The Balaban J connectivity index is 1.79. The molecule has 0 saturated carbocycles. The van der Waals surface area contributed by atoms with Crippen LogP contribution in [0.5, 0.6) is 0 Å². The van der Waals surface area contributed by atoms with Crippen LogP contribution in [-0.4, -0.2) is 15.9 Å². The average molecular weight is 295 g/mol. The number of rotatable bonds is 2. The fraction of sp³-hybridized carbons (Fsp3) is 0.389. The molecule has 4 heteroatoms. The lowest BCUT2D eigenvalue weighted by Crippen LogP contribution is -2.16. The molecular formula is C18H21N3O. The fourth-order valence-corrected chi connectivity index (χ4v) is 2.77. The van der Waals surface area contributed by atoms with Gasteiger partial charge < -0.3 is 5.32 Å². The van der Waals surface area contributed by atoms with Gasteiger partial charge in [-0.1, -0.05) is 32.9 Å². The molecule has 1 heterocycles. The number of benzene rings is 1. The normalized spacial score (nSPS) is 13.8. The molecule has 3 rings (SSSR count). The minimum Gasteiger partial charge on any atom is -0.306 e. The van der Waals surface area contributed by atoms with Crippen molar-refractivity contribution in [3.63, 3.8) is 0 Å². The fourth-order valence-electron chi connectivity index (χ4n) is 2.77. The van der Waals surface area contributed by atoms with Gasteiger partial charge in [0.15, 0.2) is 0 Å². The Morgan fingerprint density at radius 1 is 1.09 bits per heavy atom. The van der Waals surface area contributed by atoms with Crippen LogP contribution in [0.2, 0.25) is 0 Å². The number of hydrogen-bond donors (Lipinski definition) is 1.